The molecule has 0 aromatic carbocycles. The molecule has 0 saturated carbocycles. The van der Waals surface area contributed by atoms with Gasteiger partial charge in [0.15, 0.2) is 5.82 Å². The first-order chi connectivity index (χ1) is 7.31. The number of nitrogens with zero attached hydrogens (tertiary/aromatic N) is 3. The third-order valence-electron chi connectivity index (χ3n) is 2.29. The molecule has 0 aliphatic rings. The van der Waals surface area contributed by atoms with Crippen LogP contribution in [-0.2, 0) is 6.54 Å². The standard InChI is InChI=1S/C11H14N4/c1-9-10(8-12-2)4-5-11(14-9)15-7-3-6-13-15/h3-7,12H,8H2,1-2H3. The molecule has 0 saturated heterocycles. The molecule has 0 bridgehead atoms. The summed E-state index contributed by atoms with van der Waals surface area (Å²) in [6.07, 6.45) is 3.64. The Morgan fingerprint density at radius 2 is 2.27 bits per heavy atom. The summed E-state index contributed by atoms with van der Waals surface area (Å²) in [7, 11) is 1.93. The summed E-state index contributed by atoms with van der Waals surface area (Å²) in [5.41, 5.74) is 2.26. The second kappa shape index (κ2) is 4.23. The molecule has 0 fully saturated rings. The molecule has 2 aromatic rings. The minimum absolute atomic E-state index is 0.845. The van der Waals surface area contributed by atoms with E-state index in [0.717, 1.165) is 18.1 Å². The first-order valence-corrected chi connectivity index (χ1v) is 4.92. The van der Waals surface area contributed by atoms with E-state index in [-0.39, 0.29) is 0 Å². The fourth-order valence-electron chi connectivity index (χ4n) is 1.49. The highest BCUT2D eigenvalue weighted by atomic mass is 15.3. The van der Waals surface area contributed by atoms with E-state index >= 15 is 0 Å². The molecule has 4 nitrogen and oxygen atoms in total. The van der Waals surface area contributed by atoms with E-state index in [9.17, 15) is 0 Å². The van der Waals surface area contributed by atoms with Crippen LogP contribution in [0.25, 0.3) is 5.82 Å². The number of rotatable bonds is 3. The van der Waals surface area contributed by atoms with Crippen LogP contribution >= 0.6 is 0 Å². The van der Waals surface area contributed by atoms with Gasteiger partial charge in [0.05, 0.1) is 0 Å². The zero-order valence-corrected chi connectivity index (χ0v) is 8.94. The zero-order valence-electron chi connectivity index (χ0n) is 8.94. The van der Waals surface area contributed by atoms with Crippen molar-refractivity contribution in [3.63, 3.8) is 0 Å². The monoisotopic (exact) mass is 202 g/mol. The average molecular weight is 202 g/mol. The van der Waals surface area contributed by atoms with Gasteiger partial charge in [0.1, 0.15) is 0 Å². The van der Waals surface area contributed by atoms with Gasteiger partial charge in [0.25, 0.3) is 0 Å². The van der Waals surface area contributed by atoms with Crippen LogP contribution in [0.4, 0.5) is 0 Å². The third-order valence-corrected chi connectivity index (χ3v) is 2.29. The minimum Gasteiger partial charge on any atom is -0.316 e. The van der Waals surface area contributed by atoms with Gasteiger partial charge in [0, 0.05) is 24.6 Å². The van der Waals surface area contributed by atoms with Crippen molar-refractivity contribution < 1.29 is 0 Å². The second-order valence-electron chi connectivity index (χ2n) is 3.39. The fraction of sp³-hybridized carbons (Fsp3) is 0.273. The van der Waals surface area contributed by atoms with Crippen LogP contribution in [-0.4, -0.2) is 21.8 Å². The number of aryl methyl sites for hydroxylation is 1. The summed E-state index contributed by atoms with van der Waals surface area (Å²) in [5, 5.41) is 7.26. The van der Waals surface area contributed by atoms with Crippen molar-refractivity contribution in [1.82, 2.24) is 20.1 Å². The fourth-order valence-corrected chi connectivity index (χ4v) is 1.49. The van der Waals surface area contributed by atoms with E-state index in [1.54, 1.807) is 10.9 Å². The molecule has 0 amide bonds. The minimum atomic E-state index is 0.845. The molecule has 0 radical (unpaired) electrons. The van der Waals surface area contributed by atoms with E-state index < -0.39 is 0 Å². The summed E-state index contributed by atoms with van der Waals surface area (Å²) in [5.74, 6) is 0.859. The SMILES string of the molecule is CNCc1ccc(-n2cccn2)nc1C. The Morgan fingerprint density at radius 1 is 1.40 bits per heavy atom. The van der Waals surface area contributed by atoms with Crippen molar-refractivity contribution in [2.24, 2.45) is 0 Å². The van der Waals surface area contributed by atoms with E-state index in [2.05, 4.69) is 21.5 Å². The Hall–Kier alpha value is -1.68. The van der Waals surface area contributed by atoms with Crippen molar-refractivity contribution in [3.05, 3.63) is 41.9 Å². The van der Waals surface area contributed by atoms with Crippen molar-refractivity contribution in [1.29, 1.82) is 0 Å². The quantitative estimate of drug-likeness (QED) is 0.815. The van der Waals surface area contributed by atoms with Gasteiger partial charge in [-0.15, -0.1) is 0 Å². The van der Waals surface area contributed by atoms with Gasteiger partial charge in [0.2, 0.25) is 0 Å². The molecule has 2 aromatic heterocycles. The van der Waals surface area contributed by atoms with Gasteiger partial charge in [-0.3, -0.25) is 0 Å². The van der Waals surface area contributed by atoms with Crippen molar-refractivity contribution in [2.75, 3.05) is 7.05 Å². The predicted octanol–water partition coefficient (Wildman–Crippen LogP) is 1.30. The average Bonchev–Trinajstić information content (AvgIpc) is 2.74. The maximum atomic E-state index is 4.49. The van der Waals surface area contributed by atoms with Crippen LogP contribution in [0.5, 0.6) is 0 Å². The highest BCUT2D eigenvalue weighted by molar-refractivity contribution is 5.29. The maximum Gasteiger partial charge on any atom is 0.153 e. The number of aromatic nitrogens is 3. The number of pyridine rings is 1. The maximum absolute atomic E-state index is 4.49. The molecule has 1 N–H and O–H groups in total. The molecule has 0 atom stereocenters. The smallest absolute Gasteiger partial charge is 0.153 e. The topological polar surface area (TPSA) is 42.7 Å². The van der Waals surface area contributed by atoms with Gasteiger partial charge in [-0.1, -0.05) is 6.07 Å². The first-order valence-electron chi connectivity index (χ1n) is 4.92. The molecule has 0 aliphatic carbocycles. The summed E-state index contributed by atoms with van der Waals surface area (Å²) >= 11 is 0. The molecule has 2 rings (SSSR count). The molecule has 2 heterocycles. The molecule has 0 aliphatic heterocycles. The lowest BCUT2D eigenvalue weighted by atomic mass is 10.2. The lowest BCUT2D eigenvalue weighted by Crippen LogP contribution is -2.09. The summed E-state index contributed by atoms with van der Waals surface area (Å²) in [6, 6.07) is 5.95. The Labute approximate surface area is 89.0 Å². The normalized spacial score (nSPS) is 10.5. The summed E-state index contributed by atoms with van der Waals surface area (Å²) in [6.45, 7) is 2.86. The highest BCUT2D eigenvalue weighted by Crippen LogP contribution is 2.09. The number of hydrogen-bond donors (Lipinski definition) is 1. The zero-order chi connectivity index (χ0) is 10.7. The van der Waals surface area contributed by atoms with E-state index in [1.807, 2.05) is 32.3 Å². The third kappa shape index (κ3) is 2.05. The molecule has 0 spiro atoms. The van der Waals surface area contributed by atoms with Gasteiger partial charge in [-0.25, -0.2) is 9.67 Å². The highest BCUT2D eigenvalue weighted by Gasteiger charge is 2.02. The lowest BCUT2D eigenvalue weighted by molar-refractivity contribution is 0.790. The second-order valence-corrected chi connectivity index (χ2v) is 3.39. The van der Waals surface area contributed by atoms with Crippen LogP contribution in [0.2, 0.25) is 0 Å². The predicted molar refractivity (Wildman–Crippen MR) is 58.9 cm³/mol. The van der Waals surface area contributed by atoms with Crippen LogP contribution in [0.1, 0.15) is 11.3 Å². The molecule has 78 valence electrons. The van der Waals surface area contributed by atoms with Crippen LogP contribution in [0.3, 0.4) is 0 Å². The van der Waals surface area contributed by atoms with Gasteiger partial charge in [-0.2, -0.15) is 5.10 Å². The summed E-state index contributed by atoms with van der Waals surface area (Å²) in [4.78, 5) is 4.49. The van der Waals surface area contributed by atoms with Crippen LogP contribution in [0.15, 0.2) is 30.6 Å². The van der Waals surface area contributed by atoms with E-state index in [4.69, 9.17) is 0 Å². The van der Waals surface area contributed by atoms with Crippen molar-refractivity contribution in [3.8, 4) is 5.82 Å². The number of nitrogens with one attached hydrogen (secondary N) is 1. The van der Waals surface area contributed by atoms with Gasteiger partial charge >= 0.3 is 0 Å². The first kappa shape index (κ1) is 9.86. The Balaban J connectivity index is 2.33. The molecule has 15 heavy (non-hydrogen) atoms. The largest absolute Gasteiger partial charge is 0.316 e. The Kier molecular flexibility index (Phi) is 2.78. The van der Waals surface area contributed by atoms with Crippen molar-refractivity contribution in [2.45, 2.75) is 13.5 Å². The lowest BCUT2D eigenvalue weighted by Gasteiger charge is -2.06. The molecule has 0 unspecified atom stereocenters. The molecular weight excluding hydrogens is 188 g/mol. The Bertz CT molecular complexity index is 434. The van der Waals surface area contributed by atoms with E-state index in [0.29, 0.717) is 0 Å². The van der Waals surface area contributed by atoms with Gasteiger partial charge in [-0.05, 0) is 31.7 Å². The van der Waals surface area contributed by atoms with Gasteiger partial charge < -0.3 is 5.32 Å². The molecular formula is C11H14N4. The molecule has 4 heteroatoms. The van der Waals surface area contributed by atoms with Crippen LogP contribution in [0, 0.1) is 6.92 Å². The summed E-state index contributed by atoms with van der Waals surface area (Å²) < 4.78 is 1.76. The number of hydrogen-bond acceptors (Lipinski definition) is 3. The van der Waals surface area contributed by atoms with Crippen LogP contribution < -0.4 is 5.32 Å². The van der Waals surface area contributed by atoms with Crippen molar-refractivity contribution >= 4 is 0 Å². The Morgan fingerprint density at radius 3 is 2.87 bits per heavy atom. The van der Waals surface area contributed by atoms with E-state index in [1.165, 1.54) is 5.56 Å².